The molecule has 0 aromatic carbocycles. The Morgan fingerprint density at radius 1 is 1.21 bits per heavy atom. The van der Waals surface area contributed by atoms with Gasteiger partial charge in [-0.05, 0) is 0 Å². The summed E-state index contributed by atoms with van der Waals surface area (Å²) in [5.41, 5.74) is -1.66. The Balaban J connectivity index is 4.57. The molecule has 0 fully saturated rings. The molecular formula is C8H18O6. The van der Waals surface area contributed by atoms with E-state index in [1.165, 1.54) is 6.92 Å². The van der Waals surface area contributed by atoms with Gasteiger partial charge in [-0.2, -0.15) is 0 Å². The van der Waals surface area contributed by atoms with Crippen molar-refractivity contribution in [2.75, 3.05) is 26.4 Å². The summed E-state index contributed by atoms with van der Waals surface area (Å²) in [7, 11) is 0. The van der Waals surface area contributed by atoms with Crippen LogP contribution in [0.4, 0.5) is 0 Å². The first-order valence-electron chi connectivity index (χ1n) is 4.38. The zero-order valence-corrected chi connectivity index (χ0v) is 8.13. The molecule has 0 aromatic rings. The maximum Gasteiger partial charge on any atom is 0.0997 e. The Morgan fingerprint density at radius 3 is 2.00 bits per heavy atom. The van der Waals surface area contributed by atoms with E-state index in [2.05, 4.69) is 4.89 Å². The number of aliphatic hydroxyl groups is 4. The molecule has 0 radical (unpaired) electrons. The van der Waals surface area contributed by atoms with Gasteiger partial charge in [0.15, 0.2) is 0 Å². The van der Waals surface area contributed by atoms with E-state index in [4.69, 9.17) is 20.6 Å². The van der Waals surface area contributed by atoms with Crippen LogP contribution in [-0.2, 0) is 4.89 Å². The van der Waals surface area contributed by atoms with Gasteiger partial charge in [-0.15, -0.1) is 0 Å². The highest BCUT2D eigenvalue weighted by molar-refractivity contribution is 4.89. The molecule has 5 N–H and O–H groups in total. The molecule has 0 aromatic heterocycles. The summed E-state index contributed by atoms with van der Waals surface area (Å²) in [4.78, 5) is 3.86. The van der Waals surface area contributed by atoms with E-state index in [1.807, 2.05) is 0 Å². The zero-order valence-electron chi connectivity index (χ0n) is 8.13. The molecule has 0 heterocycles. The Labute approximate surface area is 82.3 Å². The van der Waals surface area contributed by atoms with Gasteiger partial charge in [-0.25, -0.2) is 4.89 Å². The normalized spacial score (nSPS) is 18.2. The summed E-state index contributed by atoms with van der Waals surface area (Å²) in [6.45, 7) is -0.186. The Morgan fingerprint density at radius 2 is 1.71 bits per heavy atom. The minimum absolute atomic E-state index is 0.187. The van der Waals surface area contributed by atoms with Gasteiger partial charge in [-0.3, -0.25) is 5.26 Å². The van der Waals surface area contributed by atoms with E-state index in [-0.39, 0.29) is 6.61 Å². The molecule has 0 saturated carbocycles. The monoisotopic (exact) mass is 210 g/mol. The maximum atomic E-state index is 9.92. The fraction of sp³-hybridized carbons (Fsp3) is 1.00. The van der Waals surface area contributed by atoms with Gasteiger partial charge in [0.05, 0.1) is 32.0 Å². The number of hydrogen-bond donors (Lipinski definition) is 5. The lowest BCUT2D eigenvalue weighted by atomic mass is 9.79. The lowest BCUT2D eigenvalue weighted by Gasteiger charge is -2.37. The van der Waals surface area contributed by atoms with Crippen LogP contribution in [0, 0.1) is 11.8 Å². The molecule has 86 valence electrons. The largest absolute Gasteiger partial charge is 0.396 e. The van der Waals surface area contributed by atoms with Crippen LogP contribution in [0.2, 0.25) is 0 Å². The van der Waals surface area contributed by atoms with Crippen LogP contribution in [0.15, 0.2) is 0 Å². The molecule has 6 nitrogen and oxygen atoms in total. The van der Waals surface area contributed by atoms with Gasteiger partial charge in [-0.1, -0.05) is 6.92 Å². The minimum Gasteiger partial charge on any atom is -0.396 e. The van der Waals surface area contributed by atoms with E-state index in [9.17, 15) is 5.11 Å². The third-order valence-corrected chi connectivity index (χ3v) is 2.58. The standard InChI is InChI=1S/C8H18O6/c1-6(4-14-13)8(12,5-11)7(2-9)3-10/h6-7,9-13H,2-5H2,1H3. The zero-order chi connectivity index (χ0) is 11.2. The molecular weight excluding hydrogens is 192 g/mol. The Hall–Kier alpha value is -0.240. The van der Waals surface area contributed by atoms with E-state index in [0.717, 1.165) is 0 Å². The second kappa shape index (κ2) is 6.28. The van der Waals surface area contributed by atoms with Crippen molar-refractivity contribution in [1.29, 1.82) is 0 Å². The molecule has 0 bridgehead atoms. The van der Waals surface area contributed by atoms with E-state index >= 15 is 0 Å². The van der Waals surface area contributed by atoms with E-state index in [1.54, 1.807) is 0 Å². The van der Waals surface area contributed by atoms with Crippen molar-refractivity contribution in [1.82, 2.24) is 0 Å². The first-order chi connectivity index (χ1) is 6.56. The van der Waals surface area contributed by atoms with Crippen LogP contribution < -0.4 is 0 Å². The average Bonchev–Trinajstić information content (AvgIpc) is 2.19. The van der Waals surface area contributed by atoms with Gasteiger partial charge in [0.25, 0.3) is 0 Å². The third-order valence-electron chi connectivity index (χ3n) is 2.58. The van der Waals surface area contributed by atoms with Crippen LogP contribution in [0.5, 0.6) is 0 Å². The fourth-order valence-corrected chi connectivity index (χ4v) is 1.32. The van der Waals surface area contributed by atoms with E-state index in [0.29, 0.717) is 0 Å². The first-order valence-corrected chi connectivity index (χ1v) is 4.38. The summed E-state index contributed by atoms with van der Waals surface area (Å²) in [6.07, 6.45) is 0. The molecule has 0 aliphatic heterocycles. The van der Waals surface area contributed by atoms with Gasteiger partial charge in [0.2, 0.25) is 0 Å². The Bertz CT molecular complexity index is 149. The highest BCUT2D eigenvalue weighted by atomic mass is 17.1. The number of rotatable bonds is 7. The maximum absolute atomic E-state index is 9.92. The quantitative estimate of drug-likeness (QED) is 0.257. The lowest BCUT2D eigenvalue weighted by Crippen LogP contribution is -2.51. The highest BCUT2D eigenvalue weighted by Crippen LogP contribution is 2.26. The summed E-state index contributed by atoms with van der Waals surface area (Å²) >= 11 is 0. The summed E-state index contributed by atoms with van der Waals surface area (Å²) in [6, 6.07) is 0. The molecule has 0 aliphatic rings. The van der Waals surface area contributed by atoms with Crippen molar-refractivity contribution >= 4 is 0 Å². The highest BCUT2D eigenvalue weighted by Gasteiger charge is 2.40. The van der Waals surface area contributed by atoms with Gasteiger partial charge >= 0.3 is 0 Å². The average molecular weight is 210 g/mol. The number of aliphatic hydroxyl groups excluding tert-OH is 3. The predicted molar refractivity (Wildman–Crippen MR) is 47.4 cm³/mol. The van der Waals surface area contributed by atoms with Gasteiger partial charge < -0.3 is 20.4 Å². The summed E-state index contributed by atoms with van der Waals surface area (Å²) in [5.74, 6) is -1.47. The molecule has 2 unspecified atom stereocenters. The SMILES string of the molecule is CC(COO)C(O)(CO)C(CO)CO. The molecule has 2 atom stereocenters. The van der Waals surface area contributed by atoms with Crippen molar-refractivity contribution < 1.29 is 30.6 Å². The predicted octanol–water partition coefficient (Wildman–Crippen LogP) is -1.56. The molecule has 6 heteroatoms. The van der Waals surface area contributed by atoms with Crippen LogP contribution in [0.25, 0.3) is 0 Å². The molecule has 0 spiro atoms. The summed E-state index contributed by atoms with van der Waals surface area (Å²) < 4.78 is 0. The smallest absolute Gasteiger partial charge is 0.0997 e. The second-order valence-electron chi connectivity index (χ2n) is 3.41. The third kappa shape index (κ3) is 2.88. The molecule has 0 saturated heterocycles. The minimum atomic E-state index is -1.66. The molecule has 0 aliphatic carbocycles. The van der Waals surface area contributed by atoms with Crippen LogP contribution >= 0.6 is 0 Å². The summed E-state index contributed by atoms with van der Waals surface area (Å²) in [5, 5.41) is 44.9. The lowest BCUT2D eigenvalue weighted by molar-refractivity contribution is -0.267. The van der Waals surface area contributed by atoms with Crippen molar-refractivity contribution in [2.24, 2.45) is 11.8 Å². The second-order valence-corrected chi connectivity index (χ2v) is 3.41. The topological polar surface area (TPSA) is 110 Å². The van der Waals surface area contributed by atoms with Crippen LogP contribution in [0.3, 0.4) is 0 Å². The van der Waals surface area contributed by atoms with Crippen LogP contribution in [0.1, 0.15) is 6.92 Å². The molecule has 0 amide bonds. The van der Waals surface area contributed by atoms with Crippen molar-refractivity contribution in [3.8, 4) is 0 Å². The van der Waals surface area contributed by atoms with Crippen molar-refractivity contribution in [2.45, 2.75) is 12.5 Å². The number of hydrogen-bond acceptors (Lipinski definition) is 6. The van der Waals surface area contributed by atoms with Crippen LogP contribution in [-0.4, -0.2) is 57.7 Å². The van der Waals surface area contributed by atoms with Crippen molar-refractivity contribution in [3.63, 3.8) is 0 Å². The van der Waals surface area contributed by atoms with Gasteiger partial charge in [0.1, 0.15) is 0 Å². The Kier molecular flexibility index (Phi) is 6.17. The fourth-order valence-electron chi connectivity index (χ4n) is 1.32. The van der Waals surface area contributed by atoms with Crippen molar-refractivity contribution in [3.05, 3.63) is 0 Å². The van der Waals surface area contributed by atoms with E-state index < -0.39 is 37.3 Å². The first kappa shape index (κ1) is 13.8. The molecule has 0 rings (SSSR count). The van der Waals surface area contributed by atoms with Gasteiger partial charge in [0, 0.05) is 11.8 Å². The molecule has 14 heavy (non-hydrogen) atoms.